The molecule has 0 saturated carbocycles. The summed E-state index contributed by atoms with van der Waals surface area (Å²) in [5, 5.41) is 3.59. The molecule has 100 valence electrons. The molecular formula is C15H25N3. The molecule has 0 aliphatic heterocycles. The summed E-state index contributed by atoms with van der Waals surface area (Å²) in [7, 11) is 2.05. The molecular weight excluding hydrogens is 222 g/mol. The van der Waals surface area contributed by atoms with Crippen LogP contribution in [0.15, 0.2) is 24.0 Å². The molecule has 1 aromatic heterocycles. The highest BCUT2D eigenvalue weighted by Crippen LogP contribution is 2.29. The maximum absolute atomic E-state index is 4.34. The van der Waals surface area contributed by atoms with Crippen LogP contribution < -0.4 is 5.32 Å². The quantitative estimate of drug-likeness (QED) is 0.640. The standard InChI is InChI=1S/C15H25N3/c1-12-5-4-6-13(2)14(12)11-16-8-7-15-17-9-10-18(15)3/h5,9-10,13-14,16H,4,6-8,11H2,1-3H3/t13-,14+/m1/s1. The molecule has 1 N–H and O–H groups in total. The molecule has 0 radical (unpaired) electrons. The summed E-state index contributed by atoms with van der Waals surface area (Å²) < 4.78 is 2.09. The van der Waals surface area contributed by atoms with Crippen LogP contribution in [0.1, 0.15) is 32.5 Å². The summed E-state index contributed by atoms with van der Waals surface area (Å²) in [6, 6.07) is 0. The van der Waals surface area contributed by atoms with Crippen LogP contribution in [0.2, 0.25) is 0 Å². The van der Waals surface area contributed by atoms with Gasteiger partial charge in [0, 0.05) is 39.0 Å². The van der Waals surface area contributed by atoms with Crippen molar-refractivity contribution in [2.45, 2.75) is 33.1 Å². The van der Waals surface area contributed by atoms with Crippen molar-refractivity contribution < 1.29 is 0 Å². The predicted octanol–water partition coefficient (Wildman–Crippen LogP) is 2.54. The third-order valence-electron chi connectivity index (χ3n) is 4.17. The predicted molar refractivity (Wildman–Crippen MR) is 75.4 cm³/mol. The van der Waals surface area contributed by atoms with Gasteiger partial charge in [0.25, 0.3) is 0 Å². The lowest BCUT2D eigenvalue weighted by Crippen LogP contribution is -2.31. The molecule has 2 atom stereocenters. The van der Waals surface area contributed by atoms with Gasteiger partial charge in [-0.25, -0.2) is 4.98 Å². The maximum atomic E-state index is 4.34. The van der Waals surface area contributed by atoms with Gasteiger partial charge in [0.2, 0.25) is 0 Å². The minimum Gasteiger partial charge on any atom is -0.338 e. The van der Waals surface area contributed by atoms with E-state index >= 15 is 0 Å². The Bertz CT molecular complexity index is 406. The molecule has 1 aliphatic rings. The van der Waals surface area contributed by atoms with Crippen LogP contribution in [0, 0.1) is 11.8 Å². The molecule has 1 aromatic rings. The lowest BCUT2D eigenvalue weighted by Gasteiger charge is -2.29. The fraction of sp³-hybridized carbons (Fsp3) is 0.667. The lowest BCUT2D eigenvalue weighted by molar-refractivity contribution is 0.351. The number of hydrogen-bond donors (Lipinski definition) is 1. The molecule has 18 heavy (non-hydrogen) atoms. The summed E-state index contributed by atoms with van der Waals surface area (Å²) in [4.78, 5) is 4.34. The molecule has 3 nitrogen and oxygen atoms in total. The van der Waals surface area contributed by atoms with Crippen molar-refractivity contribution in [3.8, 4) is 0 Å². The van der Waals surface area contributed by atoms with Crippen LogP contribution in [0.4, 0.5) is 0 Å². The largest absolute Gasteiger partial charge is 0.338 e. The van der Waals surface area contributed by atoms with Crippen LogP contribution >= 0.6 is 0 Å². The number of imidazole rings is 1. The second-order valence-electron chi connectivity index (χ2n) is 5.52. The van der Waals surface area contributed by atoms with Gasteiger partial charge in [-0.1, -0.05) is 18.6 Å². The highest BCUT2D eigenvalue weighted by molar-refractivity contribution is 5.09. The number of aryl methyl sites for hydroxylation is 1. The van der Waals surface area contributed by atoms with Gasteiger partial charge in [-0.05, 0) is 31.6 Å². The van der Waals surface area contributed by atoms with E-state index in [-0.39, 0.29) is 0 Å². The molecule has 2 rings (SSSR count). The number of rotatable bonds is 5. The zero-order chi connectivity index (χ0) is 13.0. The Morgan fingerprint density at radius 3 is 3.00 bits per heavy atom. The van der Waals surface area contributed by atoms with E-state index in [1.165, 1.54) is 12.8 Å². The van der Waals surface area contributed by atoms with E-state index in [1.807, 2.05) is 12.4 Å². The molecule has 0 unspecified atom stereocenters. The van der Waals surface area contributed by atoms with Crippen molar-refractivity contribution in [3.05, 3.63) is 29.9 Å². The molecule has 0 saturated heterocycles. The molecule has 0 bridgehead atoms. The first kappa shape index (κ1) is 13.3. The van der Waals surface area contributed by atoms with Crippen LogP contribution in [-0.4, -0.2) is 22.6 Å². The number of allylic oxidation sites excluding steroid dienone is 1. The lowest BCUT2D eigenvalue weighted by atomic mass is 9.80. The van der Waals surface area contributed by atoms with Gasteiger partial charge in [0.15, 0.2) is 0 Å². The fourth-order valence-electron chi connectivity index (χ4n) is 2.83. The Kier molecular flexibility index (Phi) is 4.59. The van der Waals surface area contributed by atoms with E-state index < -0.39 is 0 Å². The summed E-state index contributed by atoms with van der Waals surface area (Å²) in [6.07, 6.45) is 9.88. The van der Waals surface area contributed by atoms with Crippen LogP contribution in [-0.2, 0) is 13.5 Å². The first-order valence-electron chi connectivity index (χ1n) is 7.02. The normalized spacial score (nSPS) is 24.1. The summed E-state index contributed by atoms with van der Waals surface area (Å²) in [5.74, 6) is 2.70. The van der Waals surface area contributed by atoms with Crippen molar-refractivity contribution in [1.82, 2.24) is 14.9 Å². The molecule has 1 heterocycles. The summed E-state index contributed by atoms with van der Waals surface area (Å²) >= 11 is 0. The zero-order valence-electron chi connectivity index (χ0n) is 11.8. The SMILES string of the molecule is CC1=CCC[C@@H](C)[C@H]1CNCCc1nccn1C. The first-order chi connectivity index (χ1) is 8.68. The van der Waals surface area contributed by atoms with Crippen LogP contribution in [0.3, 0.4) is 0 Å². The van der Waals surface area contributed by atoms with Crippen molar-refractivity contribution in [1.29, 1.82) is 0 Å². The fourth-order valence-corrected chi connectivity index (χ4v) is 2.83. The first-order valence-corrected chi connectivity index (χ1v) is 7.02. The topological polar surface area (TPSA) is 29.9 Å². The molecule has 0 aromatic carbocycles. The van der Waals surface area contributed by atoms with E-state index in [2.05, 4.69) is 41.8 Å². The van der Waals surface area contributed by atoms with E-state index in [0.717, 1.165) is 37.2 Å². The average molecular weight is 247 g/mol. The van der Waals surface area contributed by atoms with Crippen molar-refractivity contribution in [2.24, 2.45) is 18.9 Å². The smallest absolute Gasteiger partial charge is 0.109 e. The Labute approximate surface area is 110 Å². The molecule has 0 fully saturated rings. The maximum Gasteiger partial charge on any atom is 0.109 e. The molecule has 3 heteroatoms. The second-order valence-corrected chi connectivity index (χ2v) is 5.52. The van der Waals surface area contributed by atoms with Gasteiger partial charge in [0.05, 0.1) is 0 Å². The number of hydrogen-bond acceptors (Lipinski definition) is 2. The van der Waals surface area contributed by atoms with Gasteiger partial charge in [0.1, 0.15) is 5.82 Å². The number of nitrogens with zero attached hydrogens (tertiary/aromatic N) is 2. The highest BCUT2D eigenvalue weighted by atomic mass is 15.0. The minimum absolute atomic E-state index is 0.722. The van der Waals surface area contributed by atoms with Crippen molar-refractivity contribution in [3.63, 3.8) is 0 Å². The Balaban J connectivity index is 1.74. The minimum atomic E-state index is 0.722. The monoisotopic (exact) mass is 247 g/mol. The van der Waals surface area contributed by atoms with Gasteiger partial charge >= 0.3 is 0 Å². The Morgan fingerprint density at radius 1 is 1.50 bits per heavy atom. The Morgan fingerprint density at radius 2 is 2.33 bits per heavy atom. The van der Waals surface area contributed by atoms with Gasteiger partial charge < -0.3 is 9.88 Å². The summed E-state index contributed by atoms with van der Waals surface area (Å²) in [5.41, 5.74) is 1.57. The number of aromatic nitrogens is 2. The third-order valence-corrected chi connectivity index (χ3v) is 4.17. The number of nitrogens with one attached hydrogen (secondary N) is 1. The highest BCUT2D eigenvalue weighted by Gasteiger charge is 2.21. The van der Waals surface area contributed by atoms with E-state index in [1.54, 1.807) is 5.57 Å². The van der Waals surface area contributed by atoms with Gasteiger partial charge in [-0.3, -0.25) is 0 Å². The van der Waals surface area contributed by atoms with E-state index in [4.69, 9.17) is 0 Å². The molecule has 0 amide bonds. The second kappa shape index (κ2) is 6.19. The molecule has 0 spiro atoms. The van der Waals surface area contributed by atoms with Gasteiger partial charge in [-0.2, -0.15) is 0 Å². The average Bonchev–Trinajstić information content (AvgIpc) is 2.73. The van der Waals surface area contributed by atoms with E-state index in [0.29, 0.717) is 0 Å². The zero-order valence-corrected chi connectivity index (χ0v) is 11.8. The van der Waals surface area contributed by atoms with Crippen molar-refractivity contribution >= 4 is 0 Å². The van der Waals surface area contributed by atoms with Gasteiger partial charge in [-0.15, -0.1) is 0 Å². The van der Waals surface area contributed by atoms with E-state index in [9.17, 15) is 0 Å². The van der Waals surface area contributed by atoms with Crippen LogP contribution in [0.5, 0.6) is 0 Å². The molecule has 1 aliphatic carbocycles. The Hall–Kier alpha value is -1.09. The summed E-state index contributed by atoms with van der Waals surface area (Å²) in [6.45, 7) is 6.78. The van der Waals surface area contributed by atoms with Crippen LogP contribution in [0.25, 0.3) is 0 Å². The van der Waals surface area contributed by atoms with Crippen molar-refractivity contribution in [2.75, 3.05) is 13.1 Å². The third kappa shape index (κ3) is 3.22.